The van der Waals surface area contributed by atoms with Gasteiger partial charge >= 0.3 is 8.80 Å². The van der Waals surface area contributed by atoms with Gasteiger partial charge in [0.25, 0.3) is 0 Å². The van der Waals surface area contributed by atoms with Gasteiger partial charge in [-0.2, -0.15) is 0 Å². The number of hydrogen-bond donors (Lipinski definition) is 1. The Kier molecular flexibility index (Phi) is 6.39. The molecular formula is C14H21F3O3Si. The third kappa shape index (κ3) is 5.78. The van der Waals surface area contributed by atoms with E-state index in [-0.39, 0.29) is 30.2 Å². The molecule has 0 aromatic heterocycles. The van der Waals surface area contributed by atoms with Gasteiger partial charge in [0.1, 0.15) is 0 Å². The summed E-state index contributed by atoms with van der Waals surface area (Å²) in [6.07, 6.45) is -0.333. The minimum absolute atomic E-state index is 0.105. The van der Waals surface area contributed by atoms with Gasteiger partial charge in [-0.1, -0.05) is 0 Å². The number of hydrogen-bond acceptors (Lipinski definition) is 3. The lowest BCUT2D eigenvalue weighted by Gasteiger charge is -2.28. The fraction of sp³-hybridized carbons (Fsp3) is 0.571. The van der Waals surface area contributed by atoms with E-state index in [0.29, 0.717) is 0 Å². The Labute approximate surface area is 124 Å². The van der Waals surface area contributed by atoms with Crippen molar-refractivity contribution in [3.8, 4) is 0 Å². The standard InChI is InChI=1S/C14H21F3O3Si/c1-9(2)19-21(18,20-10(3)4)6-5-11-7-12(15)14(17)13(16)8-11/h7-10,18H,5-6H2,1-4H3. The molecule has 0 bridgehead atoms. The maximum atomic E-state index is 13.2. The van der Waals surface area contributed by atoms with E-state index in [1.807, 2.05) is 0 Å². The average molecular weight is 322 g/mol. The van der Waals surface area contributed by atoms with Crippen molar-refractivity contribution >= 4 is 8.80 Å². The highest BCUT2D eigenvalue weighted by molar-refractivity contribution is 6.59. The molecule has 7 heteroatoms. The van der Waals surface area contributed by atoms with Crippen LogP contribution in [0.5, 0.6) is 0 Å². The zero-order chi connectivity index (χ0) is 16.2. The molecule has 1 rings (SSSR count). The van der Waals surface area contributed by atoms with Crippen molar-refractivity contribution < 1.29 is 26.8 Å². The molecule has 1 aromatic rings. The zero-order valence-corrected chi connectivity index (χ0v) is 13.6. The fourth-order valence-corrected chi connectivity index (χ4v) is 4.31. The summed E-state index contributed by atoms with van der Waals surface area (Å²) in [6.45, 7) is 7.05. The smallest absolute Gasteiger partial charge is 0.390 e. The quantitative estimate of drug-likeness (QED) is 0.617. The topological polar surface area (TPSA) is 38.7 Å². The van der Waals surface area contributed by atoms with Crippen LogP contribution >= 0.6 is 0 Å². The molecule has 1 aromatic carbocycles. The number of rotatable bonds is 7. The maximum absolute atomic E-state index is 13.2. The molecule has 0 aliphatic rings. The average Bonchev–Trinajstić information content (AvgIpc) is 2.31. The van der Waals surface area contributed by atoms with Gasteiger partial charge in [-0.15, -0.1) is 0 Å². The molecule has 0 saturated carbocycles. The van der Waals surface area contributed by atoms with E-state index in [1.54, 1.807) is 27.7 Å². The van der Waals surface area contributed by atoms with Crippen LogP contribution in [0.15, 0.2) is 12.1 Å². The molecule has 0 amide bonds. The molecule has 0 unspecified atom stereocenters. The molecule has 0 radical (unpaired) electrons. The van der Waals surface area contributed by atoms with Gasteiger partial charge in [0.05, 0.1) is 0 Å². The van der Waals surface area contributed by atoms with Crippen LogP contribution in [0.1, 0.15) is 33.3 Å². The SMILES string of the molecule is CC(C)O[Si](O)(CCc1cc(F)c(F)c(F)c1)OC(C)C. The van der Waals surface area contributed by atoms with E-state index in [1.165, 1.54) is 0 Å². The minimum Gasteiger partial charge on any atom is -0.390 e. The summed E-state index contributed by atoms with van der Waals surface area (Å²) in [6, 6.07) is 1.93. The van der Waals surface area contributed by atoms with Crippen molar-refractivity contribution in [1.29, 1.82) is 0 Å². The maximum Gasteiger partial charge on any atom is 0.498 e. The van der Waals surface area contributed by atoms with Gasteiger partial charge in [-0.05, 0) is 51.8 Å². The molecule has 3 nitrogen and oxygen atoms in total. The predicted octanol–water partition coefficient (Wildman–Crippen LogP) is 3.43. The molecule has 0 spiro atoms. The van der Waals surface area contributed by atoms with Gasteiger partial charge in [0, 0.05) is 18.3 Å². The van der Waals surface area contributed by atoms with E-state index < -0.39 is 26.3 Å². The van der Waals surface area contributed by atoms with Gasteiger partial charge in [0.15, 0.2) is 17.5 Å². The summed E-state index contributed by atoms with van der Waals surface area (Å²) in [4.78, 5) is 10.4. The molecule has 0 heterocycles. The first-order valence-electron chi connectivity index (χ1n) is 6.84. The van der Waals surface area contributed by atoms with Crippen LogP contribution < -0.4 is 0 Å². The van der Waals surface area contributed by atoms with Crippen LogP contribution in [0.4, 0.5) is 13.2 Å². The molecular weight excluding hydrogens is 301 g/mol. The van der Waals surface area contributed by atoms with Crippen LogP contribution in [0, 0.1) is 17.5 Å². The lowest BCUT2D eigenvalue weighted by Crippen LogP contribution is -2.46. The van der Waals surface area contributed by atoms with Gasteiger partial charge in [-0.3, -0.25) is 0 Å². The molecule has 21 heavy (non-hydrogen) atoms. The van der Waals surface area contributed by atoms with Crippen molar-refractivity contribution in [3.05, 3.63) is 35.1 Å². The number of benzene rings is 1. The monoisotopic (exact) mass is 322 g/mol. The highest BCUT2D eigenvalue weighted by Gasteiger charge is 2.38. The highest BCUT2D eigenvalue weighted by atomic mass is 28.4. The third-order valence-corrected chi connectivity index (χ3v) is 5.17. The molecule has 0 aliphatic heterocycles. The van der Waals surface area contributed by atoms with E-state index >= 15 is 0 Å². The zero-order valence-electron chi connectivity index (χ0n) is 12.6. The van der Waals surface area contributed by atoms with Gasteiger partial charge in [0.2, 0.25) is 0 Å². The predicted molar refractivity (Wildman–Crippen MR) is 75.2 cm³/mol. The molecule has 1 N–H and O–H groups in total. The van der Waals surface area contributed by atoms with Crippen molar-refractivity contribution in [2.24, 2.45) is 0 Å². The Morgan fingerprint density at radius 3 is 1.81 bits per heavy atom. The van der Waals surface area contributed by atoms with E-state index in [2.05, 4.69) is 0 Å². The summed E-state index contributed by atoms with van der Waals surface area (Å²) in [5, 5.41) is 0. The number of halogens is 3. The molecule has 0 fully saturated rings. The second kappa shape index (κ2) is 7.39. The minimum atomic E-state index is -3.45. The van der Waals surface area contributed by atoms with E-state index in [0.717, 1.165) is 12.1 Å². The van der Waals surface area contributed by atoms with Crippen molar-refractivity contribution in [3.63, 3.8) is 0 Å². The largest absolute Gasteiger partial charge is 0.498 e. The summed E-state index contributed by atoms with van der Waals surface area (Å²) in [7, 11) is -3.45. The van der Waals surface area contributed by atoms with Gasteiger partial charge < -0.3 is 13.6 Å². The van der Waals surface area contributed by atoms with Gasteiger partial charge in [-0.25, -0.2) is 13.2 Å². The first-order valence-corrected chi connectivity index (χ1v) is 8.81. The van der Waals surface area contributed by atoms with Crippen LogP contribution in [-0.4, -0.2) is 25.8 Å². The second-order valence-corrected chi connectivity index (χ2v) is 7.82. The fourth-order valence-electron chi connectivity index (χ4n) is 1.94. The van der Waals surface area contributed by atoms with Crippen LogP contribution in [0.25, 0.3) is 0 Å². The first-order chi connectivity index (χ1) is 9.63. The summed E-state index contributed by atoms with van der Waals surface area (Å²) < 4.78 is 50.1. The first kappa shape index (κ1) is 18.2. The van der Waals surface area contributed by atoms with Crippen LogP contribution in [0.2, 0.25) is 6.04 Å². The van der Waals surface area contributed by atoms with E-state index in [9.17, 15) is 18.0 Å². The second-order valence-electron chi connectivity index (χ2n) is 5.42. The van der Waals surface area contributed by atoms with Crippen molar-refractivity contribution in [2.45, 2.75) is 52.4 Å². The normalized spacial score (nSPS) is 12.5. The molecule has 120 valence electrons. The van der Waals surface area contributed by atoms with Crippen LogP contribution in [0.3, 0.4) is 0 Å². The third-order valence-electron chi connectivity index (χ3n) is 2.61. The Morgan fingerprint density at radius 2 is 1.43 bits per heavy atom. The van der Waals surface area contributed by atoms with Crippen LogP contribution in [-0.2, 0) is 15.3 Å². The Morgan fingerprint density at radius 1 is 1.00 bits per heavy atom. The highest BCUT2D eigenvalue weighted by Crippen LogP contribution is 2.21. The lowest BCUT2D eigenvalue weighted by atomic mass is 10.1. The Balaban J connectivity index is 2.81. The van der Waals surface area contributed by atoms with Crippen molar-refractivity contribution in [1.82, 2.24) is 0 Å². The Bertz CT molecular complexity index is 448. The molecule has 0 aliphatic carbocycles. The summed E-state index contributed by atoms with van der Waals surface area (Å²) >= 11 is 0. The number of aryl methyl sites for hydroxylation is 1. The van der Waals surface area contributed by atoms with E-state index in [4.69, 9.17) is 8.85 Å². The van der Waals surface area contributed by atoms with Crippen molar-refractivity contribution in [2.75, 3.05) is 0 Å². The molecule has 0 atom stereocenters. The lowest BCUT2D eigenvalue weighted by molar-refractivity contribution is 0.0478. The molecule has 0 saturated heterocycles. The summed E-state index contributed by atoms with van der Waals surface area (Å²) in [5.74, 6) is -3.99. The Hall–Kier alpha value is -0.893. The summed E-state index contributed by atoms with van der Waals surface area (Å²) in [5.41, 5.74) is 0.247.